The van der Waals surface area contributed by atoms with E-state index < -0.39 is 5.97 Å². The molecule has 0 bridgehead atoms. The first kappa shape index (κ1) is 10.2. The van der Waals surface area contributed by atoms with Crippen LogP contribution in [0.5, 0.6) is 0 Å². The summed E-state index contributed by atoms with van der Waals surface area (Å²) in [5.74, 6) is -0.852. The molecule has 0 fully saturated rings. The van der Waals surface area contributed by atoms with E-state index in [2.05, 4.69) is 9.97 Å². The molecule has 1 rings (SSSR count). The molecule has 0 atom stereocenters. The minimum Gasteiger partial charge on any atom is -0.480 e. The number of aliphatic carboxylic acids is 1. The van der Waals surface area contributed by atoms with Crippen LogP contribution in [-0.4, -0.2) is 34.1 Å². The number of hydrogen-bond acceptors (Lipinski definition) is 4. The first-order chi connectivity index (χ1) is 6.65. The third-order valence-corrected chi connectivity index (χ3v) is 1.70. The van der Waals surface area contributed by atoms with Gasteiger partial charge in [0.05, 0.1) is 0 Å². The van der Waals surface area contributed by atoms with E-state index in [9.17, 15) is 9.59 Å². The number of nitrogens with one attached hydrogen (secondary N) is 1. The fraction of sp³-hybridized carbons (Fsp3) is 0.375. The van der Waals surface area contributed by atoms with Gasteiger partial charge in [-0.25, -0.2) is 4.98 Å². The highest BCUT2D eigenvalue weighted by atomic mass is 16.4. The molecule has 0 saturated carbocycles. The first-order valence-corrected chi connectivity index (χ1v) is 4.15. The van der Waals surface area contributed by atoms with Gasteiger partial charge in [-0.2, -0.15) is 0 Å². The molecule has 0 unspecified atom stereocenters. The van der Waals surface area contributed by atoms with Gasteiger partial charge in [-0.05, 0) is 6.92 Å². The van der Waals surface area contributed by atoms with E-state index in [1.807, 2.05) is 0 Å². The zero-order chi connectivity index (χ0) is 10.6. The number of hydrogen-bond donors (Lipinski definition) is 2. The van der Waals surface area contributed by atoms with E-state index >= 15 is 0 Å². The third-order valence-electron chi connectivity index (χ3n) is 1.70. The molecule has 0 aliphatic heterocycles. The molecule has 1 aromatic heterocycles. The Balaban J connectivity index is 2.95. The summed E-state index contributed by atoms with van der Waals surface area (Å²) in [5.41, 5.74) is -0.379. The molecule has 0 aliphatic carbocycles. The Hall–Kier alpha value is -1.85. The molecule has 0 radical (unpaired) electrons. The first-order valence-electron chi connectivity index (χ1n) is 4.15. The Morgan fingerprint density at radius 2 is 2.43 bits per heavy atom. The Bertz CT molecular complexity index is 374. The van der Waals surface area contributed by atoms with E-state index in [4.69, 9.17) is 5.11 Å². The molecule has 76 valence electrons. The zero-order valence-electron chi connectivity index (χ0n) is 7.73. The fourth-order valence-corrected chi connectivity index (χ4v) is 1.07. The van der Waals surface area contributed by atoms with Crippen LogP contribution in [0.4, 0.5) is 5.82 Å². The van der Waals surface area contributed by atoms with Crippen molar-refractivity contribution in [3.63, 3.8) is 0 Å². The van der Waals surface area contributed by atoms with Gasteiger partial charge in [-0.1, -0.05) is 0 Å². The number of aromatic nitrogens is 2. The molecule has 2 N–H and O–H groups in total. The average molecular weight is 197 g/mol. The van der Waals surface area contributed by atoms with Gasteiger partial charge in [0.25, 0.3) is 5.56 Å². The number of anilines is 1. The summed E-state index contributed by atoms with van der Waals surface area (Å²) in [6.07, 6.45) is 2.82. The second kappa shape index (κ2) is 4.40. The lowest BCUT2D eigenvalue weighted by Gasteiger charge is -2.17. The maximum absolute atomic E-state index is 11.2. The van der Waals surface area contributed by atoms with Gasteiger partial charge in [0, 0.05) is 18.9 Å². The minimum absolute atomic E-state index is 0.136. The van der Waals surface area contributed by atoms with Crippen molar-refractivity contribution in [2.24, 2.45) is 0 Å². The van der Waals surface area contributed by atoms with Crippen molar-refractivity contribution < 1.29 is 9.90 Å². The van der Waals surface area contributed by atoms with E-state index in [1.165, 1.54) is 17.3 Å². The number of carbonyl (C=O) groups is 1. The summed E-state index contributed by atoms with van der Waals surface area (Å²) < 4.78 is 0. The summed E-state index contributed by atoms with van der Waals surface area (Å²) in [4.78, 5) is 29.4. The highest BCUT2D eigenvalue weighted by molar-refractivity contribution is 5.72. The number of H-pyrrole nitrogens is 1. The quantitative estimate of drug-likeness (QED) is 0.690. The Labute approximate surface area is 80.2 Å². The van der Waals surface area contributed by atoms with Gasteiger partial charge in [0.15, 0.2) is 5.82 Å². The van der Waals surface area contributed by atoms with Gasteiger partial charge in [-0.3, -0.25) is 9.59 Å². The van der Waals surface area contributed by atoms with Gasteiger partial charge in [0.1, 0.15) is 6.54 Å². The number of nitrogens with zero attached hydrogens (tertiary/aromatic N) is 2. The number of carboxylic acid groups (broad SMARTS) is 1. The fourth-order valence-electron chi connectivity index (χ4n) is 1.07. The summed E-state index contributed by atoms with van der Waals surface area (Å²) in [5, 5.41) is 8.59. The maximum Gasteiger partial charge on any atom is 0.323 e. The van der Waals surface area contributed by atoms with Crippen molar-refractivity contribution >= 4 is 11.8 Å². The predicted octanol–water partition coefficient (Wildman–Crippen LogP) is -0.319. The van der Waals surface area contributed by atoms with Crippen molar-refractivity contribution in [2.75, 3.05) is 18.0 Å². The number of aromatic amines is 1. The normalized spacial score (nSPS) is 9.79. The van der Waals surface area contributed by atoms with Crippen LogP contribution in [0.1, 0.15) is 6.92 Å². The topological polar surface area (TPSA) is 86.3 Å². The standard InChI is InChI=1S/C8H11N3O3/c1-2-11(5-6(12)13)7-8(14)10-4-3-9-7/h3-4H,2,5H2,1H3,(H,10,14)(H,12,13). The van der Waals surface area contributed by atoms with Crippen molar-refractivity contribution in [1.29, 1.82) is 0 Å². The maximum atomic E-state index is 11.2. The predicted molar refractivity (Wildman–Crippen MR) is 50.4 cm³/mol. The van der Waals surface area contributed by atoms with E-state index in [-0.39, 0.29) is 17.9 Å². The molecule has 6 nitrogen and oxygen atoms in total. The van der Waals surface area contributed by atoms with Gasteiger partial charge in [0.2, 0.25) is 0 Å². The highest BCUT2D eigenvalue weighted by Crippen LogP contribution is 2.00. The van der Waals surface area contributed by atoms with Crippen LogP contribution in [0.3, 0.4) is 0 Å². The smallest absolute Gasteiger partial charge is 0.323 e. The Kier molecular flexibility index (Phi) is 3.22. The molecule has 14 heavy (non-hydrogen) atoms. The van der Waals surface area contributed by atoms with Crippen LogP contribution < -0.4 is 10.5 Å². The second-order valence-electron chi connectivity index (χ2n) is 2.65. The second-order valence-corrected chi connectivity index (χ2v) is 2.65. The molecule has 0 saturated heterocycles. The molecular weight excluding hydrogens is 186 g/mol. The number of carboxylic acids is 1. The van der Waals surface area contributed by atoms with Gasteiger partial charge in [-0.15, -0.1) is 0 Å². The van der Waals surface area contributed by atoms with Crippen LogP contribution >= 0.6 is 0 Å². The van der Waals surface area contributed by atoms with Crippen molar-refractivity contribution in [3.8, 4) is 0 Å². The lowest BCUT2D eigenvalue weighted by atomic mass is 10.4. The average Bonchev–Trinajstić information content (AvgIpc) is 2.15. The molecule has 0 amide bonds. The third kappa shape index (κ3) is 2.32. The van der Waals surface area contributed by atoms with E-state index in [0.29, 0.717) is 6.54 Å². The van der Waals surface area contributed by atoms with E-state index in [1.54, 1.807) is 6.92 Å². The molecule has 0 spiro atoms. The van der Waals surface area contributed by atoms with Crippen LogP contribution in [-0.2, 0) is 4.79 Å². The largest absolute Gasteiger partial charge is 0.480 e. The van der Waals surface area contributed by atoms with Crippen LogP contribution in [0.25, 0.3) is 0 Å². The van der Waals surface area contributed by atoms with Gasteiger partial charge < -0.3 is 15.0 Å². The molecule has 6 heteroatoms. The highest BCUT2D eigenvalue weighted by Gasteiger charge is 2.12. The lowest BCUT2D eigenvalue weighted by Crippen LogP contribution is -2.34. The monoisotopic (exact) mass is 197 g/mol. The minimum atomic E-state index is -0.989. The summed E-state index contributed by atoms with van der Waals surface area (Å²) >= 11 is 0. The van der Waals surface area contributed by atoms with Crippen molar-refractivity contribution in [2.45, 2.75) is 6.92 Å². The van der Waals surface area contributed by atoms with E-state index in [0.717, 1.165) is 0 Å². The summed E-state index contributed by atoms with van der Waals surface area (Å²) in [6, 6.07) is 0. The number of rotatable bonds is 4. The van der Waals surface area contributed by atoms with Crippen LogP contribution in [0, 0.1) is 0 Å². The van der Waals surface area contributed by atoms with Crippen LogP contribution in [0.2, 0.25) is 0 Å². The molecule has 1 aromatic rings. The zero-order valence-corrected chi connectivity index (χ0v) is 7.73. The van der Waals surface area contributed by atoms with Crippen LogP contribution in [0.15, 0.2) is 17.2 Å². The van der Waals surface area contributed by atoms with Crippen molar-refractivity contribution in [1.82, 2.24) is 9.97 Å². The Morgan fingerprint density at radius 3 is 2.93 bits per heavy atom. The number of likely N-dealkylation sites (N-methyl/N-ethyl adjacent to an activating group) is 1. The SMILES string of the molecule is CCN(CC(=O)O)c1ncc[nH]c1=O. The molecule has 0 aromatic carbocycles. The summed E-state index contributed by atoms with van der Waals surface area (Å²) in [7, 11) is 0. The lowest BCUT2D eigenvalue weighted by molar-refractivity contribution is -0.135. The van der Waals surface area contributed by atoms with Crippen molar-refractivity contribution in [3.05, 3.63) is 22.7 Å². The van der Waals surface area contributed by atoms with Gasteiger partial charge >= 0.3 is 5.97 Å². The Morgan fingerprint density at radius 1 is 1.71 bits per heavy atom. The molecule has 0 aliphatic rings. The summed E-state index contributed by atoms with van der Waals surface area (Å²) in [6.45, 7) is 1.96. The molecule has 1 heterocycles. The molecular formula is C8H11N3O3.